The molecule has 3 N–H and O–H groups in total. The van der Waals surface area contributed by atoms with Crippen LogP contribution in [0.1, 0.15) is 39.4 Å². The number of aromatic hydroxyl groups is 1. The molecule has 0 bridgehead atoms. The van der Waals surface area contributed by atoms with E-state index in [0.29, 0.717) is 22.2 Å². The van der Waals surface area contributed by atoms with Crippen LogP contribution in [-0.2, 0) is 13.1 Å². The molecule has 2 aromatic heterocycles. The number of thiophene rings is 1. The molecule has 1 amide bonds. The number of benzene rings is 2. The van der Waals surface area contributed by atoms with Crippen molar-refractivity contribution in [1.82, 2.24) is 19.4 Å². The molecule has 210 valence electrons. The van der Waals surface area contributed by atoms with Crippen molar-refractivity contribution in [3.8, 4) is 16.6 Å². The van der Waals surface area contributed by atoms with Crippen molar-refractivity contribution in [2.24, 2.45) is 0 Å². The summed E-state index contributed by atoms with van der Waals surface area (Å²) >= 11 is 1.10. The number of phenolic OH excluding ortho intramolecular Hbond substituents is 1. The van der Waals surface area contributed by atoms with Gasteiger partial charge >= 0.3 is 0 Å². The van der Waals surface area contributed by atoms with E-state index in [-0.39, 0.29) is 29.5 Å². The zero-order valence-electron chi connectivity index (χ0n) is 22.8. The minimum atomic E-state index is -1.04. The number of aromatic nitrogens is 2. The largest absolute Gasteiger partial charge is 0.507 e. The van der Waals surface area contributed by atoms with Crippen molar-refractivity contribution in [3.05, 3.63) is 64.5 Å². The van der Waals surface area contributed by atoms with Gasteiger partial charge in [-0.25, -0.2) is 4.98 Å². The quantitative estimate of drug-likeness (QED) is 0.260. The number of amides is 1. The summed E-state index contributed by atoms with van der Waals surface area (Å²) in [5, 5.41) is 23.8. The first kappa shape index (κ1) is 27.8. The number of phenols is 1. The van der Waals surface area contributed by atoms with Crippen molar-refractivity contribution in [1.29, 1.82) is 0 Å². The van der Waals surface area contributed by atoms with E-state index in [1.165, 1.54) is 6.07 Å². The number of nitrogens with zero attached hydrogens (tertiary/aromatic N) is 4. The maximum absolute atomic E-state index is 13.2. The second kappa shape index (κ2) is 11.4. The molecule has 0 spiro atoms. The molecule has 2 aromatic carbocycles. The Morgan fingerprint density at radius 2 is 1.93 bits per heavy atom. The molecule has 1 saturated heterocycles. The van der Waals surface area contributed by atoms with Crippen LogP contribution >= 0.6 is 11.3 Å². The number of aldehydes is 1. The van der Waals surface area contributed by atoms with Gasteiger partial charge in [-0.2, -0.15) is 0 Å². The van der Waals surface area contributed by atoms with Crippen molar-refractivity contribution in [2.45, 2.75) is 32.5 Å². The summed E-state index contributed by atoms with van der Waals surface area (Å²) in [6, 6.07) is 13.9. The van der Waals surface area contributed by atoms with Crippen LogP contribution in [-0.4, -0.2) is 80.6 Å². The van der Waals surface area contributed by atoms with Gasteiger partial charge in [-0.1, -0.05) is 23.5 Å². The predicted molar refractivity (Wildman–Crippen MR) is 155 cm³/mol. The van der Waals surface area contributed by atoms with E-state index < -0.39 is 5.60 Å². The highest BCUT2D eigenvalue weighted by Gasteiger charge is 2.23. The average Bonchev–Trinajstić information content (AvgIpc) is 3.49. The van der Waals surface area contributed by atoms with Gasteiger partial charge in [0.25, 0.3) is 5.91 Å². The molecule has 5 rings (SSSR count). The number of anilines is 1. The normalized spacial score (nSPS) is 14.9. The number of carbonyl (C=O) groups excluding carboxylic acids is 2. The van der Waals surface area contributed by atoms with Crippen molar-refractivity contribution in [3.63, 3.8) is 0 Å². The van der Waals surface area contributed by atoms with Gasteiger partial charge in [-0.15, -0.1) is 0 Å². The Labute approximate surface area is 236 Å². The fraction of sp³-hybridized carbons (Fsp3) is 0.345. The molecule has 0 aliphatic carbocycles. The molecule has 0 atom stereocenters. The number of likely N-dealkylation sites (N-methyl/N-ethyl adjacent to an activating group) is 1. The zero-order chi connectivity index (χ0) is 28.4. The van der Waals surface area contributed by atoms with E-state index in [2.05, 4.69) is 39.3 Å². The molecule has 11 heteroatoms. The molecule has 0 saturated carbocycles. The van der Waals surface area contributed by atoms with E-state index in [4.69, 9.17) is 4.74 Å². The number of ether oxygens (including phenoxy) is 1. The van der Waals surface area contributed by atoms with E-state index in [9.17, 15) is 19.8 Å². The second-order valence-corrected chi connectivity index (χ2v) is 11.8. The van der Waals surface area contributed by atoms with Crippen LogP contribution in [0.3, 0.4) is 0 Å². The van der Waals surface area contributed by atoms with Crippen LogP contribution in [0.15, 0.2) is 48.5 Å². The number of rotatable bonds is 9. The average molecular weight is 564 g/mol. The third-order valence-corrected chi connectivity index (χ3v) is 7.72. The highest BCUT2D eigenvalue weighted by atomic mass is 32.1. The van der Waals surface area contributed by atoms with Crippen LogP contribution in [0.4, 0.5) is 5.95 Å². The van der Waals surface area contributed by atoms with Gasteiger partial charge < -0.3 is 24.4 Å². The van der Waals surface area contributed by atoms with Crippen LogP contribution < -0.4 is 10.1 Å². The summed E-state index contributed by atoms with van der Waals surface area (Å²) in [6.07, 6.45) is 0.523. The van der Waals surface area contributed by atoms with Gasteiger partial charge in [0.15, 0.2) is 11.3 Å². The van der Waals surface area contributed by atoms with Gasteiger partial charge in [0.1, 0.15) is 11.5 Å². The topological polar surface area (TPSA) is 120 Å². The Morgan fingerprint density at radius 1 is 1.15 bits per heavy atom. The Kier molecular flexibility index (Phi) is 7.90. The summed E-state index contributed by atoms with van der Waals surface area (Å²) < 4.78 is 7.61. The smallest absolute Gasteiger partial charge is 0.268 e. The first-order valence-corrected chi connectivity index (χ1v) is 13.9. The molecule has 3 heterocycles. The van der Waals surface area contributed by atoms with E-state index in [0.717, 1.165) is 60.7 Å². The number of fused-ring (bicyclic) bond motifs is 1. The van der Waals surface area contributed by atoms with Crippen LogP contribution in [0.2, 0.25) is 0 Å². The van der Waals surface area contributed by atoms with Crippen LogP contribution in [0.5, 0.6) is 16.6 Å². The SMILES string of the molecule is CN1CCN(Cc2ccc3nc(NC(=O)c4ccc(Oc5cccc(O)c5C=O)s4)n(CC(C)(C)O)c3c2)CC1. The Morgan fingerprint density at radius 3 is 2.65 bits per heavy atom. The maximum atomic E-state index is 13.2. The lowest BCUT2D eigenvalue weighted by atomic mass is 10.1. The van der Waals surface area contributed by atoms with Crippen molar-refractivity contribution in [2.75, 3.05) is 38.5 Å². The third-order valence-electron chi connectivity index (χ3n) is 6.76. The highest BCUT2D eigenvalue weighted by molar-refractivity contribution is 7.15. The molecule has 4 aromatic rings. The Balaban J connectivity index is 1.37. The standard InChI is InChI=1S/C29H33N5O5S/c1-29(2,38)18-34-22-15-19(16-33-13-11-32(3)12-14-33)7-8-21(22)30-28(34)31-27(37)25-9-10-26(40-25)39-24-6-4-5-23(36)20(24)17-35/h4-10,15,17,36,38H,11-14,16,18H2,1-3H3,(H,30,31,37). The van der Waals surface area contributed by atoms with Gasteiger partial charge in [0.2, 0.25) is 5.95 Å². The number of imidazole rings is 1. The Hall–Kier alpha value is -3.77. The molecular weight excluding hydrogens is 530 g/mol. The minimum Gasteiger partial charge on any atom is -0.507 e. The monoisotopic (exact) mass is 563 g/mol. The third kappa shape index (κ3) is 6.34. The molecule has 40 heavy (non-hydrogen) atoms. The fourth-order valence-electron chi connectivity index (χ4n) is 4.68. The van der Waals surface area contributed by atoms with Gasteiger partial charge in [0.05, 0.1) is 33.6 Å². The number of hydrogen-bond acceptors (Lipinski definition) is 9. The van der Waals surface area contributed by atoms with Gasteiger partial charge in [-0.3, -0.25) is 19.8 Å². The molecular formula is C29H33N5O5S. The van der Waals surface area contributed by atoms with Crippen LogP contribution in [0.25, 0.3) is 11.0 Å². The number of aliphatic hydroxyl groups is 1. The summed E-state index contributed by atoms with van der Waals surface area (Å²) in [6.45, 7) is 8.59. The lowest BCUT2D eigenvalue weighted by Crippen LogP contribution is -2.43. The van der Waals surface area contributed by atoms with Crippen molar-refractivity contribution < 1.29 is 24.5 Å². The number of carbonyl (C=O) groups is 2. The first-order valence-electron chi connectivity index (χ1n) is 13.1. The summed E-state index contributed by atoms with van der Waals surface area (Å²) in [7, 11) is 2.14. The lowest BCUT2D eigenvalue weighted by molar-refractivity contribution is 0.0630. The van der Waals surface area contributed by atoms with E-state index in [1.54, 1.807) is 38.1 Å². The fourth-order valence-corrected chi connectivity index (χ4v) is 5.45. The lowest BCUT2D eigenvalue weighted by Gasteiger charge is -2.32. The summed E-state index contributed by atoms with van der Waals surface area (Å²) in [5.74, 6) is -0.0233. The molecule has 0 unspecified atom stereocenters. The molecule has 1 fully saturated rings. The second-order valence-electron chi connectivity index (χ2n) is 10.7. The van der Waals surface area contributed by atoms with E-state index >= 15 is 0 Å². The van der Waals surface area contributed by atoms with Crippen LogP contribution in [0, 0.1) is 0 Å². The maximum Gasteiger partial charge on any atom is 0.268 e. The molecule has 1 aliphatic heterocycles. The molecule has 1 aliphatic rings. The summed E-state index contributed by atoms with van der Waals surface area (Å²) in [4.78, 5) is 34.4. The van der Waals surface area contributed by atoms with Crippen molar-refractivity contribution >= 4 is 40.5 Å². The van der Waals surface area contributed by atoms with Gasteiger partial charge in [-0.05, 0) is 62.9 Å². The first-order chi connectivity index (χ1) is 19.1. The van der Waals surface area contributed by atoms with Gasteiger partial charge in [0, 0.05) is 32.7 Å². The summed E-state index contributed by atoms with van der Waals surface area (Å²) in [5.41, 5.74) is 1.71. The number of piperazine rings is 1. The highest BCUT2D eigenvalue weighted by Crippen LogP contribution is 2.34. The Bertz CT molecular complexity index is 1530. The predicted octanol–water partition coefficient (Wildman–Crippen LogP) is 4.18. The number of hydrogen-bond donors (Lipinski definition) is 3. The molecule has 10 nitrogen and oxygen atoms in total. The zero-order valence-corrected chi connectivity index (χ0v) is 23.6. The minimum absolute atomic E-state index is 0.0363. The van der Waals surface area contributed by atoms with E-state index in [1.807, 2.05) is 10.6 Å². The molecule has 0 radical (unpaired) electrons. The number of nitrogens with one attached hydrogen (secondary N) is 1.